The Morgan fingerprint density at radius 2 is 2.04 bits per heavy atom. The number of aryl methyl sites for hydroxylation is 1. The monoisotopic (exact) mass is 357 g/mol. The predicted molar refractivity (Wildman–Crippen MR) is 92.1 cm³/mol. The van der Waals surface area contributed by atoms with Gasteiger partial charge in [0.1, 0.15) is 19.0 Å². The second kappa shape index (κ2) is 7.67. The van der Waals surface area contributed by atoms with Crippen molar-refractivity contribution in [1.82, 2.24) is 5.32 Å². The quantitative estimate of drug-likeness (QED) is 0.612. The van der Waals surface area contributed by atoms with Gasteiger partial charge in [-0.3, -0.25) is 9.59 Å². The van der Waals surface area contributed by atoms with Gasteiger partial charge in [-0.1, -0.05) is 18.2 Å². The van der Waals surface area contributed by atoms with Crippen LogP contribution in [0.5, 0.6) is 0 Å². The highest BCUT2D eigenvalue weighted by molar-refractivity contribution is 6.61. The number of amides is 1. The lowest BCUT2D eigenvalue weighted by atomic mass is 9.78. The first kappa shape index (κ1) is 18.1. The minimum atomic E-state index is -1.04. The summed E-state index contributed by atoms with van der Waals surface area (Å²) in [5.41, 5.74) is 3.12. The van der Waals surface area contributed by atoms with Crippen molar-refractivity contribution in [1.29, 1.82) is 0 Å². The van der Waals surface area contributed by atoms with E-state index in [-0.39, 0.29) is 19.0 Å². The molecule has 0 fully saturated rings. The summed E-state index contributed by atoms with van der Waals surface area (Å²) in [5.74, 6) is -1.42. The molecule has 1 amide bonds. The Labute approximate surface area is 150 Å². The lowest BCUT2D eigenvalue weighted by Crippen LogP contribution is -2.33. The highest BCUT2D eigenvalue weighted by atomic mass is 19.1. The second-order valence-corrected chi connectivity index (χ2v) is 6.00. The molecule has 1 aliphatic heterocycles. The van der Waals surface area contributed by atoms with Gasteiger partial charge in [-0.05, 0) is 47.3 Å². The average molecular weight is 357 g/mol. The second-order valence-electron chi connectivity index (χ2n) is 6.00. The van der Waals surface area contributed by atoms with E-state index in [1.165, 1.54) is 24.3 Å². The molecule has 0 unspecified atom stereocenters. The zero-order valence-electron chi connectivity index (χ0n) is 14.1. The lowest BCUT2D eigenvalue weighted by molar-refractivity contribution is -0.143. The first-order chi connectivity index (χ1) is 12.4. The van der Waals surface area contributed by atoms with Crippen molar-refractivity contribution in [3.63, 3.8) is 0 Å². The molecule has 0 spiro atoms. The van der Waals surface area contributed by atoms with Gasteiger partial charge >= 0.3 is 13.1 Å². The van der Waals surface area contributed by atoms with E-state index < -0.39 is 19.0 Å². The van der Waals surface area contributed by atoms with Crippen LogP contribution in [0.2, 0.25) is 0 Å². The third kappa shape index (κ3) is 4.09. The van der Waals surface area contributed by atoms with Crippen LogP contribution < -0.4 is 10.8 Å². The van der Waals surface area contributed by atoms with E-state index in [9.17, 15) is 19.0 Å². The number of nitrogens with one attached hydrogen (secondary N) is 1. The summed E-state index contributed by atoms with van der Waals surface area (Å²) in [7, 11) is -1.04. The average Bonchev–Trinajstić information content (AvgIpc) is 2.98. The zero-order valence-corrected chi connectivity index (χ0v) is 14.1. The molecule has 2 N–H and O–H groups in total. The number of ether oxygens (including phenoxy) is 1. The molecular formula is C18H17BFNO5. The summed E-state index contributed by atoms with van der Waals surface area (Å²) in [6.07, 6.45) is 0. The molecule has 0 aromatic heterocycles. The van der Waals surface area contributed by atoms with Crippen LogP contribution >= 0.6 is 0 Å². The van der Waals surface area contributed by atoms with Crippen LogP contribution in [-0.4, -0.2) is 30.6 Å². The first-order valence-electron chi connectivity index (χ1n) is 8.05. The molecule has 0 saturated carbocycles. The van der Waals surface area contributed by atoms with Gasteiger partial charge < -0.3 is 19.7 Å². The summed E-state index contributed by atoms with van der Waals surface area (Å²) in [6.45, 7) is 1.77. The smallest absolute Gasteiger partial charge is 0.460 e. The van der Waals surface area contributed by atoms with Crippen molar-refractivity contribution in [3.05, 3.63) is 64.5 Å². The van der Waals surface area contributed by atoms with Crippen LogP contribution in [0.15, 0.2) is 36.4 Å². The number of esters is 1. The summed E-state index contributed by atoms with van der Waals surface area (Å²) in [4.78, 5) is 24.1. The molecule has 0 bridgehead atoms. The predicted octanol–water partition coefficient (Wildman–Crippen LogP) is 0.825. The Balaban J connectivity index is 1.54. The molecule has 0 saturated heterocycles. The molecule has 3 rings (SSSR count). The van der Waals surface area contributed by atoms with Crippen LogP contribution in [0.3, 0.4) is 0 Å². The molecule has 2 aromatic rings. The van der Waals surface area contributed by atoms with E-state index in [0.717, 1.165) is 11.1 Å². The summed E-state index contributed by atoms with van der Waals surface area (Å²) < 4.78 is 23.0. The van der Waals surface area contributed by atoms with E-state index in [2.05, 4.69) is 5.32 Å². The largest absolute Gasteiger partial charge is 0.491 e. The van der Waals surface area contributed by atoms with Gasteiger partial charge in [-0.15, -0.1) is 0 Å². The number of carbonyl (C=O) groups excluding carboxylic acids is 2. The maximum atomic E-state index is 12.8. The molecule has 0 aliphatic carbocycles. The third-order valence-electron chi connectivity index (χ3n) is 4.10. The molecule has 2 aromatic carbocycles. The van der Waals surface area contributed by atoms with Crippen LogP contribution in [0.4, 0.5) is 4.39 Å². The molecule has 6 nitrogen and oxygen atoms in total. The topological polar surface area (TPSA) is 84.9 Å². The maximum absolute atomic E-state index is 12.8. The van der Waals surface area contributed by atoms with Crippen LogP contribution in [0, 0.1) is 12.7 Å². The van der Waals surface area contributed by atoms with E-state index >= 15 is 0 Å². The van der Waals surface area contributed by atoms with Crippen LogP contribution in [0.1, 0.15) is 27.0 Å². The van der Waals surface area contributed by atoms with E-state index in [1.807, 2.05) is 0 Å². The normalized spacial score (nSPS) is 12.7. The summed E-state index contributed by atoms with van der Waals surface area (Å²) in [6, 6.07) is 8.94. The lowest BCUT2D eigenvalue weighted by Gasteiger charge is -2.10. The number of fused-ring (bicyclic) bond motifs is 1. The molecule has 0 atom stereocenters. The number of hydrogen-bond donors (Lipinski definition) is 2. The van der Waals surface area contributed by atoms with Crippen molar-refractivity contribution in [2.75, 3.05) is 6.54 Å². The SMILES string of the molecule is Cc1cc2c(cc1C(=O)NCC(=O)OCc1ccc(F)cc1)B(O)OC2. The Morgan fingerprint density at radius 1 is 1.31 bits per heavy atom. The molecule has 1 aliphatic rings. The number of halogens is 1. The zero-order chi connectivity index (χ0) is 18.7. The molecule has 8 heteroatoms. The number of rotatable bonds is 5. The van der Waals surface area contributed by atoms with Crippen molar-refractivity contribution < 1.29 is 28.4 Å². The fourth-order valence-electron chi connectivity index (χ4n) is 2.69. The van der Waals surface area contributed by atoms with E-state index in [1.54, 1.807) is 19.1 Å². The number of carbonyl (C=O) groups is 2. The summed E-state index contributed by atoms with van der Waals surface area (Å²) >= 11 is 0. The number of hydrogen-bond acceptors (Lipinski definition) is 5. The molecule has 26 heavy (non-hydrogen) atoms. The van der Waals surface area contributed by atoms with Crippen LogP contribution in [0.25, 0.3) is 0 Å². The van der Waals surface area contributed by atoms with Gasteiger partial charge in [0, 0.05) is 5.56 Å². The Hall–Kier alpha value is -2.71. The summed E-state index contributed by atoms with van der Waals surface area (Å²) in [5, 5.41) is 12.2. The molecular weight excluding hydrogens is 340 g/mol. The fraction of sp³-hybridized carbons (Fsp3) is 0.222. The molecule has 134 valence electrons. The Kier molecular flexibility index (Phi) is 5.34. The van der Waals surface area contributed by atoms with Crippen molar-refractivity contribution in [2.24, 2.45) is 0 Å². The van der Waals surface area contributed by atoms with Gasteiger partial charge in [-0.2, -0.15) is 0 Å². The maximum Gasteiger partial charge on any atom is 0.491 e. The first-order valence-corrected chi connectivity index (χ1v) is 8.05. The standard InChI is InChI=1S/C18H17BFNO5/c1-11-6-13-10-26-19(24)16(13)7-15(11)18(23)21-8-17(22)25-9-12-2-4-14(20)5-3-12/h2-7,24H,8-10H2,1H3,(H,21,23). The van der Waals surface area contributed by atoms with Gasteiger partial charge in [0.05, 0.1) is 6.61 Å². The van der Waals surface area contributed by atoms with Gasteiger partial charge in [0.15, 0.2) is 0 Å². The molecule has 1 heterocycles. The van der Waals surface area contributed by atoms with Crippen molar-refractivity contribution in [3.8, 4) is 0 Å². The van der Waals surface area contributed by atoms with E-state index in [4.69, 9.17) is 9.39 Å². The van der Waals surface area contributed by atoms with Gasteiger partial charge in [0.2, 0.25) is 0 Å². The van der Waals surface area contributed by atoms with Crippen molar-refractivity contribution in [2.45, 2.75) is 20.1 Å². The molecule has 0 radical (unpaired) electrons. The Morgan fingerprint density at radius 3 is 2.77 bits per heavy atom. The third-order valence-corrected chi connectivity index (χ3v) is 4.10. The Bertz CT molecular complexity index is 840. The van der Waals surface area contributed by atoms with Crippen LogP contribution in [-0.2, 0) is 27.4 Å². The minimum absolute atomic E-state index is 0.00358. The fourth-order valence-corrected chi connectivity index (χ4v) is 2.69. The minimum Gasteiger partial charge on any atom is -0.460 e. The van der Waals surface area contributed by atoms with Gasteiger partial charge in [0.25, 0.3) is 5.91 Å². The highest BCUT2D eigenvalue weighted by Gasteiger charge is 2.29. The van der Waals surface area contributed by atoms with Crippen molar-refractivity contribution >= 4 is 24.5 Å². The number of benzene rings is 2. The highest BCUT2D eigenvalue weighted by Crippen LogP contribution is 2.15. The van der Waals surface area contributed by atoms with Gasteiger partial charge in [-0.25, -0.2) is 4.39 Å². The van der Waals surface area contributed by atoms with E-state index in [0.29, 0.717) is 23.2 Å².